The molecule has 4 rings (SSSR count). The minimum absolute atomic E-state index is 0.141. The number of ketones is 1. The number of nitrogens with one attached hydrogen (secondary N) is 1. The van der Waals surface area contributed by atoms with E-state index in [-0.39, 0.29) is 23.9 Å². The molecule has 0 aliphatic carbocycles. The molecule has 0 unspecified atom stereocenters. The molecular formula is C27H24N2O3. The molecule has 4 aromatic rings. The number of hydrogen-bond acceptors (Lipinski definition) is 3. The predicted molar refractivity (Wildman–Crippen MR) is 128 cm³/mol. The molecule has 0 fully saturated rings. The Balaban J connectivity index is 1.89. The first-order valence-electron chi connectivity index (χ1n) is 10.6. The summed E-state index contributed by atoms with van der Waals surface area (Å²) in [5.41, 5.74) is 0.794. The van der Waals surface area contributed by atoms with E-state index >= 15 is 0 Å². The quantitative estimate of drug-likeness (QED) is 0.454. The summed E-state index contributed by atoms with van der Waals surface area (Å²) in [4.78, 5) is 41.7. The van der Waals surface area contributed by atoms with E-state index in [9.17, 15) is 14.4 Å². The number of hydrogen-bond donors (Lipinski definition) is 1. The van der Waals surface area contributed by atoms with E-state index in [2.05, 4.69) is 4.98 Å². The Kier molecular flexibility index (Phi) is 5.99. The number of fused-ring (bicyclic) bond motifs is 1. The molecule has 1 heterocycles. The van der Waals surface area contributed by atoms with Gasteiger partial charge in [0.1, 0.15) is 5.69 Å². The van der Waals surface area contributed by atoms with E-state index < -0.39 is 11.2 Å². The second-order valence-electron chi connectivity index (χ2n) is 7.96. The molecule has 32 heavy (non-hydrogen) atoms. The van der Waals surface area contributed by atoms with Gasteiger partial charge < -0.3 is 0 Å². The predicted octanol–water partition coefficient (Wildman–Crippen LogP) is 4.76. The Hall–Kier alpha value is -3.99. The van der Waals surface area contributed by atoms with Gasteiger partial charge in [0.2, 0.25) is 5.78 Å². The third kappa shape index (κ3) is 4.10. The zero-order valence-electron chi connectivity index (χ0n) is 18.0. The third-order valence-corrected chi connectivity index (χ3v) is 5.46. The molecule has 0 saturated carbocycles. The normalized spacial score (nSPS) is 11.5. The van der Waals surface area contributed by atoms with Crippen molar-refractivity contribution in [3.8, 4) is 0 Å². The van der Waals surface area contributed by atoms with E-state index in [0.717, 1.165) is 16.3 Å². The van der Waals surface area contributed by atoms with Gasteiger partial charge in [-0.05, 0) is 22.3 Å². The van der Waals surface area contributed by atoms with Crippen molar-refractivity contribution in [2.24, 2.45) is 0 Å². The highest BCUT2D eigenvalue weighted by molar-refractivity contribution is 6.16. The fraction of sp³-hybridized carbons (Fsp3) is 0.148. The van der Waals surface area contributed by atoms with Crippen molar-refractivity contribution in [3.63, 3.8) is 0 Å². The van der Waals surface area contributed by atoms with Crippen LogP contribution in [0.1, 0.15) is 46.9 Å². The second kappa shape index (κ2) is 9.02. The lowest BCUT2D eigenvalue weighted by atomic mass is 9.94. The van der Waals surface area contributed by atoms with E-state index in [4.69, 9.17) is 0 Å². The Morgan fingerprint density at radius 1 is 0.938 bits per heavy atom. The number of aromatic amines is 1. The van der Waals surface area contributed by atoms with Gasteiger partial charge in [0.25, 0.3) is 5.56 Å². The molecule has 160 valence electrons. The standard InChI is InChI=1S/C27H24N2O3/c1-18(2)23-24(25(30)22-16-8-14-20-13-6-7-15-21(20)22)29(27(32)28-26(23)31)17-9-12-19-10-4-3-5-11-19/h3-16,18H,17H2,1-2H3,(H,28,31,32). The van der Waals surface area contributed by atoms with Crippen LogP contribution in [0.4, 0.5) is 0 Å². The van der Waals surface area contributed by atoms with E-state index in [1.165, 1.54) is 4.57 Å². The van der Waals surface area contributed by atoms with Gasteiger partial charge in [0, 0.05) is 17.7 Å². The van der Waals surface area contributed by atoms with E-state index in [1.54, 1.807) is 6.07 Å². The molecule has 0 amide bonds. The largest absolute Gasteiger partial charge is 0.329 e. The van der Waals surface area contributed by atoms with Crippen LogP contribution in [0.3, 0.4) is 0 Å². The number of carbonyl (C=O) groups is 1. The van der Waals surface area contributed by atoms with Crippen molar-refractivity contribution < 1.29 is 4.79 Å². The summed E-state index contributed by atoms with van der Waals surface area (Å²) in [5, 5.41) is 1.71. The van der Waals surface area contributed by atoms with Crippen LogP contribution in [0.25, 0.3) is 16.8 Å². The van der Waals surface area contributed by atoms with Crippen LogP contribution in [-0.4, -0.2) is 15.3 Å². The van der Waals surface area contributed by atoms with Crippen LogP contribution in [0.5, 0.6) is 0 Å². The van der Waals surface area contributed by atoms with E-state index in [0.29, 0.717) is 11.1 Å². The molecule has 0 aliphatic heterocycles. The van der Waals surface area contributed by atoms with Crippen molar-refractivity contribution in [1.29, 1.82) is 0 Å². The highest BCUT2D eigenvalue weighted by Gasteiger charge is 2.25. The van der Waals surface area contributed by atoms with Gasteiger partial charge in [0.15, 0.2) is 0 Å². The molecule has 0 saturated heterocycles. The number of H-pyrrole nitrogens is 1. The smallest absolute Gasteiger partial charge is 0.287 e. The maximum Gasteiger partial charge on any atom is 0.329 e. The number of benzene rings is 3. The molecule has 5 heteroatoms. The molecule has 0 radical (unpaired) electrons. The molecule has 0 atom stereocenters. The number of carbonyl (C=O) groups excluding carboxylic acids is 1. The van der Waals surface area contributed by atoms with Crippen molar-refractivity contribution in [3.05, 3.63) is 122 Å². The van der Waals surface area contributed by atoms with Crippen LogP contribution in [0, 0.1) is 0 Å². The van der Waals surface area contributed by atoms with Crippen LogP contribution in [0.2, 0.25) is 0 Å². The summed E-state index contributed by atoms with van der Waals surface area (Å²) in [6.07, 6.45) is 3.71. The fourth-order valence-corrected chi connectivity index (χ4v) is 3.95. The van der Waals surface area contributed by atoms with Crippen molar-refractivity contribution >= 4 is 22.6 Å². The molecule has 1 N–H and O–H groups in total. The molecule has 3 aromatic carbocycles. The number of allylic oxidation sites excluding steroid dienone is 1. The first-order chi connectivity index (χ1) is 15.5. The van der Waals surface area contributed by atoms with Gasteiger partial charge in [-0.1, -0.05) is 98.8 Å². The number of nitrogens with zero attached hydrogens (tertiary/aromatic N) is 1. The average Bonchev–Trinajstić information content (AvgIpc) is 2.79. The van der Waals surface area contributed by atoms with Crippen LogP contribution < -0.4 is 11.2 Å². The van der Waals surface area contributed by atoms with Gasteiger partial charge in [0.05, 0.1) is 0 Å². The van der Waals surface area contributed by atoms with Gasteiger partial charge in [-0.3, -0.25) is 19.1 Å². The molecule has 0 spiro atoms. The highest BCUT2D eigenvalue weighted by atomic mass is 16.2. The average molecular weight is 425 g/mol. The zero-order chi connectivity index (χ0) is 22.7. The SMILES string of the molecule is CC(C)c1c(C(=O)c2cccc3ccccc23)n(CC=Cc2ccccc2)c(=O)[nH]c1=O. The Morgan fingerprint density at radius 3 is 2.38 bits per heavy atom. The second-order valence-corrected chi connectivity index (χ2v) is 7.96. The van der Waals surface area contributed by atoms with Gasteiger partial charge in [-0.2, -0.15) is 0 Å². The lowest BCUT2D eigenvalue weighted by Gasteiger charge is -2.17. The lowest BCUT2D eigenvalue weighted by molar-refractivity contribution is 0.102. The summed E-state index contributed by atoms with van der Waals surface area (Å²) in [7, 11) is 0. The molecule has 5 nitrogen and oxygen atoms in total. The molecule has 0 bridgehead atoms. The minimum Gasteiger partial charge on any atom is -0.287 e. The number of rotatable bonds is 6. The fourth-order valence-electron chi connectivity index (χ4n) is 3.95. The Morgan fingerprint density at radius 2 is 1.62 bits per heavy atom. The first kappa shape index (κ1) is 21.2. The lowest BCUT2D eigenvalue weighted by Crippen LogP contribution is -2.37. The van der Waals surface area contributed by atoms with Crippen molar-refractivity contribution in [2.75, 3.05) is 0 Å². The summed E-state index contributed by atoms with van der Waals surface area (Å²) >= 11 is 0. The van der Waals surface area contributed by atoms with Gasteiger partial charge in [-0.15, -0.1) is 0 Å². The zero-order valence-corrected chi connectivity index (χ0v) is 18.0. The third-order valence-electron chi connectivity index (χ3n) is 5.46. The summed E-state index contributed by atoms with van der Waals surface area (Å²) < 4.78 is 1.36. The van der Waals surface area contributed by atoms with Crippen LogP contribution in [0.15, 0.2) is 88.5 Å². The van der Waals surface area contributed by atoms with Crippen LogP contribution in [-0.2, 0) is 6.54 Å². The molecule has 1 aromatic heterocycles. The van der Waals surface area contributed by atoms with Crippen LogP contribution >= 0.6 is 0 Å². The van der Waals surface area contributed by atoms with E-state index in [1.807, 2.05) is 92.7 Å². The maximum atomic E-state index is 13.8. The number of aromatic nitrogens is 2. The molecule has 0 aliphatic rings. The monoisotopic (exact) mass is 424 g/mol. The maximum absolute atomic E-state index is 13.8. The Labute approximate surface area is 185 Å². The van der Waals surface area contributed by atoms with Crippen molar-refractivity contribution in [2.45, 2.75) is 26.3 Å². The van der Waals surface area contributed by atoms with Crippen molar-refractivity contribution in [1.82, 2.24) is 9.55 Å². The minimum atomic E-state index is -0.597. The first-order valence-corrected chi connectivity index (χ1v) is 10.6. The van der Waals surface area contributed by atoms with Gasteiger partial charge in [-0.25, -0.2) is 4.79 Å². The summed E-state index contributed by atoms with van der Waals surface area (Å²) in [6, 6.07) is 22.8. The molecular weight excluding hydrogens is 400 g/mol. The summed E-state index contributed by atoms with van der Waals surface area (Å²) in [5.74, 6) is -0.570. The van der Waals surface area contributed by atoms with Gasteiger partial charge >= 0.3 is 5.69 Å². The highest BCUT2D eigenvalue weighted by Crippen LogP contribution is 2.24. The summed E-state index contributed by atoms with van der Waals surface area (Å²) in [6.45, 7) is 3.86. The topological polar surface area (TPSA) is 71.9 Å². The Bertz CT molecular complexity index is 1420.